The van der Waals surface area contributed by atoms with Gasteiger partial charge >= 0.3 is 0 Å². The first kappa shape index (κ1) is 15.5. The van der Waals surface area contributed by atoms with Crippen molar-refractivity contribution in [2.75, 3.05) is 0 Å². The van der Waals surface area contributed by atoms with Gasteiger partial charge in [-0.25, -0.2) is 0 Å². The quantitative estimate of drug-likeness (QED) is 0.365. The third-order valence-corrected chi connectivity index (χ3v) is 4.57. The van der Waals surface area contributed by atoms with Crippen molar-refractivity contribution in [2.24, 2.45) is 0 Å². The van der Waals surface area contributed by atoms with Crippen molar-refractivity contribution in [1.29, 1.82) is 0 Å². The van der Waals surface area contributed by atoms with Crippen LogP contribution in [0.25, 0.3) is 11.6 Å². The van der Waals surface area contributed by atoms with Crippen molar-refractivity contribution in [2.45, 2.75) is 26.6 Å². The maximum atomic E-state index is 2.48. The fourth-order valence-electron chi connectivity index (χ4n) is 2.49. The van der Waals surface area contributed by atoms with Crippen LogP contribution in [0.15, 0.2) is 71.9 Å². The van der Waals surface area contributed by atoms with E-state index in [1.54, 1.807) is 0 Å². The predicted molar refractivity (Wildman–Crippen MR) is 97.9 cm³/mol. The Kier molecular flexibility index (Phi) is 4.97. The van der Waals surface area contributed by atoms with E-state index in [4.69, 9.17) is 0 Å². The van der Waals surface area contributed by atoms with Gasteiger partial charge in [0.25, 0.3) is 0 Å². The largest absolute Gasteiger partial charge is 0.0915 e. The molecule has 0 nitrogen and oxygen atoms in total. The number of benzene rings is 2. The monoisotopic (exact) mass is 292 g/mol. The highest BCUT2D eigenvalue weighted by atomic mass is 28.3. The molecule has 0 fully saturated rings. The van der Waals surface area contributed by atoms with E-state index in [0.29, 0.717) is 0 Å². The third-order valence-electron chi connectivity index (χ3n) is 3.27. The maximum Gasteiger partial charge on any atom is 0.0690 e. The van der Waals surface area contributed by atoms with E-state index in [1.165, 1.54) is 22.3 Å². The molecule has 2 aromatic carbocycles. The molecule has 0 aliphatic heterocycles. The van der Waals surface area contributed by atoms with Crippen molar-refractivity contribution in [3.05, 3.63) is 83.1 Å². The first-order chi connectivity index (χ1) is 9.96. The van der Waals surface area contributed by atoms with Gasteiger partial charge in [0.05, 0.1) is 8.07 Å². The van der Waals surface area contributed by atoms with Crippen LogP contribution in [0.2, 0.25) is 19.6 Å². The summed E-state index contributed by atoms with van der Waals surface area (Å²) >= 11 is 0. The Hall–Kier alpha value is -1.86. The molecule has 0 aliphatic rings. The summed E-state index contributed by atoms with van der Waals surface area (Å²) in [6.07, 6.45) is 2.29. The fourth-order valence-corrected chi connectivity index (χ4v) is 3.94. The summed E-state index contributed by atoms with van der Waals surface area (Å²) in [4.78, 5) is 0. The number of rotatable bonds is 4. The second kappa shape index (κ2) is 6.73. The van der Waals surface area contributed by atoms with Gasteiger partial charge < -0.3 is 0 Å². The summed E-state index contributed by atoms with van der Waals surface area (Å²) < 4.78 is 0. The van der Waals surface area contributed by atoms with Gasteiger partial charge in [0.1, 0.15) is 0 Å². The van der Waals surface area contributed by atoms with Crippen molar-refractivity contribution < 1.29 is 0 Å². The van der Waals surface area contributed by atoms with Gasteiger partial charge in [-0.05, 0) is 29.7 Å². The summed E-state index contributed by atoms with van der Waals surface area (Å²) in [6.45, 7) is 9.37. The second-order valence-electron chi connectivity index (χ2n) is 6.53. The lowest BCUT2D eigenvalue weighted by Crippen LogP contribution is -2.16. The van der Waals surface area contributed by atoms with Gasteiger partial charge in [-0.15, -0.1) is 0 Å². The Morgan fingerprint density at radius 3 is 1.86 bits per heavy atom. The molecule has 0 heterocycles. The SMILES string of the molecule is CC(=C[Si](C)(C)C)C(=Cc1ccccc1)c1ccccc1. The van der Waals surface area contributed by atoms with Gasteiger partial charge in [0, 0.05) is 0 Å². The molecule has 0 amide bonds. The van der Waals surface area contributed by atoms with E-state index in [0.717, 1.165) is 0 Å². The Bertz CT molecular complexity index is 629. The average molecular weight is 292 g/mol. The van der Waals surface area contributed by atoms with E-state index in [2.05, 4.69) is 99.0 Å². The van der Waals surface area contributed by atoms with E-state index in [9.17, 15) is 0 Å². The number of hydrogen-bond acceptors (Lipinski definition) is 0. The highest BCUT2D eigenvalue weighted by molar-refractivity contribution is 6.81. The van der Waals surface area contributed by atoms with Crippen molar-refractivity contribution in [1.82, 2.24) is 0 Å². The van der Waals surface area contributed by atoms with Crippen LogP contribution in [0.4, 0.5) is 0 Å². The lowest BCUT2D eigenvalue weighted by atomic mass is 9.97. The fraction of sp³-hybridized carbons (Fsp3) is 0.200. The lowest BCUT2D eigenvalue weighted by molar-refractivity contribution is 1.50. The Morgan fingerprint density at radius 2 is 1.33 bits per heavy atom. The highest BCUT2D eigenvalue weighted by Crippen LogP contribution is 2.27. The van der Waals surface area contributed by atoms with Crippen LogP contribution in [0.5, 0.6) is 0 Å². The van der Waals surface area contributed by atoms with Crippen LogP contribution < -0.4 is 0 Å². The molecule has 1 heteroatoms. The molecule has 0 saturated carbocycles. The summed E-state index contributed by atoms with van der Waals surface area (Å²) in [5.74, 6) is 0. The molecular weight excluding hydrogens is 268 g/mol. The van der Waals surface area contributed by atoms with E-state index >= 15 is 0 Å². The molecule has 0 atom stereocenters. The minimum Gasteiger partial charge on any atom is -0.0915 e. The van der Waals surface area contributed by atoms with E-state index in [-0.39, 0.29) is 0 Å². The van der Waals surface area contributed by atoms with Crippen molar-refractivity contribution in [3.8, 4) is 0 Å². The van der Waals surface area contributed by atoms with Gasteiger partial charge in [-0.3, -0.25) is 0 Å². The Balaban J connectivity index is 2.51. The van der Waals surface area contributed by atoms with Crippen LogP contribution in [-0.2, 0) is 0 Å². The van der Waals surface area contributed by atoms with Gasteiger partial charge in [-0.1, -0.05) is 91.6 Å². The summed E-state index contributed by atoms with van der Waals surface area (Å²) in [7, 11) is -1.24. The number of hydrogen-bond donors (Lipinski definition) is 0. The van der Waals surface area contributed by atoms with E-state index < -0.39 is 8.07 Å². The smallest absolute Gasteiger partial charge is 0.0690 e. The molecule has 2 aromatic rings. The van der Waals surface area contributed by atoms with Crippen LogP contribution in [0, 0.1) is 0 Å². The predicted octanol–water partition coefficient (Wildman–Crippen LogP) is 6.05. The standard InChI is InChI=1S/C20H24Si/c1-17(16-21(2,3)4)20(19-13-9-6-10-14-19)15-18-11-7-5-8-12-18/h5-16H,1-4H3. The summed E-state index contributed by atoms with van der Waals surface area (Å²) in [5, 5.41) is 0. The minimum atomic E-state index is -1.24. The summed E-state index contributed by atoms with van der Waals surface area (Å²) in [6, 6.07) is 21.2. The van der Waals surface area contributed by atoms with Crippen molar-refractivity contribution in [3.63, 3.8) is 0 Å². The van der Waals surface area contributed by atoms with Gasteiger partial charge in [0.15, 0.2) is 0 Å². The van der Waals surface area contributed by atoms with E-state index in [1.807, 2.05) is 0 Å². The zero-order valence-electron chi connectivity index (χ0n) is 13.4. The molecule has 0 aliphatic carbocycles. The van der Waals surface area contributed by atoms with Crippen LogP contribution >= 0.6 is 0 Å². The van der Waals surface area contributed by atoms with Crippen LogP contribution in [-0.4, -0.2) is 8.07 Å². The molecule has 0 unspecified atom stereocenters. The van der Waals surface area contributed by atoms with Gasteiger partial charge in [0.2, 0.25) is 0 Å². The second-order valence-corrected chi connectivity index (χ2v) is 11.5. The molecule has 0 N–H and O–H groups in total. The zero-order valence-corrected chi connectivity index (χ0v) is 14.4. The molecular formula is C20H24Si. The molecule has 0 aromatic heterocycles. The first-order valence-corrected chi connectivity index (χ1v) is 11.1. The molecule has 108 valence electrons. The lowest BCUT2D eigenvalue weighted by Gasteiger charge is -2.15. The average Bonchev–Trinajstić information content (AvgIpc) is 2.45. The number of allylic oxidation sites excluding steroid dienone is 2. The minimum absolute atomic E-state index is 1.24. The van der Waals surface area contributed by atoms with Crippen LogP contribution in [0.3, 0.4) is 0 Å². The van der Waals surface area contributed by atoms with Crippen LogP contribution in [0.1, 0.15) is 18.1 Å². The third kappa shape index (κ3) is 4.87. The molecule has 21 heavy (non-hydrogen) atoms. The molecule has 0 spiro atoms. The molecule has 0 saturated heterocycles. The normalized spacial score (nSPS) is 13.3. The molecule has 2 rings (SSSR count). The summed E-state index contributed by atoms with van der Waals surface area (Å²) in [5.41, 5.74) is 7.72. The Labute approximate surface area is 129 Å². The molecule has 0 radical (unpaired) electrons. The molecule has 0 bridgehead atoms. The van der Waals surface area contributed by atoms with Crippen molar-refractivity contribution >= 4 is 19.7 Å². The maximum absolute atomic E-state index is 2.48. The van der Waals surface area contributed by atoms with Gasteiger partial charge in [-0.2, -0.15) is 0 Å². The Morgan fingerprint density at radius 1 is 0.810 bits per heavy atom. The highest BCUT2D eigenvalue weighted by Gasteiger charge is 2.12. The topological polar surface area (TPSA) is 0 Å². The zero-order chi connectivity index (χ0) is 15.3. The first-order valence-electron chi connectivity index (χ1n) is 7.48.